The maximum absolute atomic E-state index is 6.95. The molecule has 6 nitrogen and oxygen atoms in total. The van der Waals surface area contributed by atoms with Crippen molar-refractivity contribution in [1.29, 1.82) is 0 Å². The molecular formula is C44H29N5O. The second-order valence-corrected chi connectivity index (χ2v) is 13.4. The molecule has 2 aliphatic rings. The van der Waals surface area contributed by atoms with Crippen molar-refractivity contribution < 1.29 is 4.74 Å². The Morgan fingerprint density at radius 2 is 1.28 bits per heavy atom. The van der Waals surface area contributed by atoms with Crippen molar-refractivity contribution in [3.63, 3.8) is 0 Å². The highest BCUT2D eigenvalue weighted by Crippen LogP contribution is 2.52. The molecule has 0 saturated carbocycles. The van der Waals surface area contributed by atoms with Crippen molar-refractivity contribution in [2.75, 3.05) is 0 Å². The van der Waals surface area contributed by atoms with Gasteiger partial charge in [0.2, 0.25) is 5.95 Å². The summed E-state index contributed by atoms with van der Waals surface area (Å²) in [7, 11) is 0. The van der Waals surface area contributed by atoms with Gasteiger partial charge in [0.15, 0.2) is 17.2 Å². The minimum Gasteiger partial charge on any atom is -0.479 e. The quantitative estimate of drug-likeness (QED) is 0.192. The van der Waals surface area contributed by atoms with Gasteiger partial charge in [-0.15, -0.1) is 0 Å². The Balaban J connectivity index is 1.28. The Kier molecular flexibility index (Phi) is 5.48. The smallest absolute Gasteiger partial charge is 0.238 e. The fraction of sp³-hybridized carbons (Fsp3) is 0.0682. The monoisotopic (exact) mass is 643 g/mol. The Morgan fingerprint density at radius 3 is 2.02 bits per heavy atom. The molecule has 0 saturated heterocycles. The van der Waals surface area contributed by atoms with E-state index in [1.165, 1.54) is 32.9 Å². The summed E-state index contributed by atoms with van der Waals surface area (Å²) in [5.41, 5.74) is 8.08. The number of para-hydroxylation sites is 1. The third-order valence-corrected chi connectivity index (χ3v) is 10.4. The molecule has 50 heavy (non-hydrogen) atoms. The topological polar surface area (TPSA) is 57.8 Å². The van der Waals surface area contributed by atoms with Crippen LogP contribution in [0.1, 0.15) is 24.6 Å². The molecule has 9 aromatic rings. The average molecular weight is 644 g/mol. The predicted molar refractivity (Wildman–Crippen MR) is 201 cm³/mol. The van der Waals surface area contributed by atoms with Crippen LogP contribution in [0.25, 0.3) is 84.0 Å². The second-order valence-electron chi connectivity index (χ2n) is 13.4. The first-order valence-corrected chi connectivity index (χ1v) is 17.0. The highest BCUT2D eigenvalue weighted by atomic mass is 16.5. The van der Waals surface area contributed by atoms with E-state index in [1.807, 2.05) is 60.7 Å². The molecule has 0 N–H and O–H groups in total. The minimum atomic E-state index is -0.507. The normalized spacial score (nSPS) is 16.2. The lowest BCUT2D eigenvalue weighted by molar-refractivity contribution is 0.0742. The summed E-state index contributed by atoms with van der Waals surface area (Å²) >= 11 is 0. The van der Waals surface area contributed by atoms with E-state index in [0.717, 1.165) is 50.8 Å². The number of aromatic nitrogens is 5. The molecule has 1 unspecified atom stereocenters. The first-order valence-electron chi connectivity index (χ1n) is 17.0. The van der Waals surface area contributed by atoms with Crippen LogP contribution in [0, 0.1) is 0 Å². The molecule has 6 aromatic carbocycles. The SMILES string of the molecule is CC12CC=Cc3c1n(c1c3ccc3c1c1ccccc1n3-c1nc(-c3ccccc3)nc(-c3ccccc3)n1)-c1cc3ccccc3cc1O2. The summed E-state index contributed by atoms with van der Waals surface area (Å²) in [5.74, 6) is 2.75. The van der Waals surface area contributed by atoms with Crippen molar-refractivity contribution in [2.24, 2.45) is 0 Å². The lowest BCUT2D eigenvalue weighted by Crippen LogP contribution is -2.36. The van der Waals surface area contributed by atoms with Gasteiger partial charge in [0.05, 0.1) is 27.9 Å². The zero-order valence-electron chi connectivity index (χ0n) is 27.2. The molecule has 0 amide bonds. The third kappa shape index (κ3) is 3.76. The summed E-state index contributed by atoms with van der Waals surface area (Å²) in [5, 5.41) is 5.85. The van der Waals surface area contributed by atoms with Gasteiger partial charge in [-0.3, -0.25) is 4.57 Å². The van der Waals surface area contributed by atoms with Crippen LogP contribution in [0.5, 0.6) is 5.75 Å². The molecule has 236 valence electrons. The van der Waals surface area contributed by atoms with Crippen LogP contribution < -0.4 is 4.74 Å². The molecule has 0 fully saturated rings. The van der Waals surface area contributed by atoms with Crippen molar-refractivity contribution in [3.05, 3.63) is 151 Å². The fourth-order valence-corrected chi connectivity index (χ4v) is 8.19. The van der Waals surface area contributed by atoms with E-state index in [0.29, 0.717) is 17.6 Å². The largest absolute Gasteiger partial charge is 0.479 e. The molecule has 6 heteroatoms. The van der Waals surface area contributed by atoms with Crippen LogP contribution in [-0.2, 0) is 5.60 Å². The fourth-order valence-electron chi connectivity index (χ4n) is 8.19. The summed E-state index contributed by atoms with van der Waals surface area (Å²) in [4.78, 5) is 15.3. The van der Waals surface area contributed by atoms with Crippen LogP contribution in [0.3, 0.4) is 0 Å². The van der Waals surface area contributed by atoms with Crippen LogP contribution in [-0.4, -0.2) is 24.1 Å². The highest BCUT2D eigenvalue weighted by Gasteiger charge is 2.42. The standard InChI is InChI=1S/C44H29N5O/c1-44-24-12-20-32-31-22-23-35-38(39(31)49(40(32)44)36-25-29-17-8-9-18-30(29)26-37(36)50-44)33-19-10-11-21-34(33)48(35)43-46-41(27-13-4-2-5-14-27)45-42(47-43)28-15-6-3-7-16-28/h2-23,25-26H,24H2,1H3. The highest BCUT2D eigenvalue weighted by molar-refractivity contribution is 6.22. The lowest BCUT2D eigenvalue weighted by atomic mass is 9.87. The number of nitrogens with zero attached hydrogens (tertiary/aromatic N) is 5. The molecule has 3 aromatic heterocycles. The van der Waals surface area contributed by atoms with E-state index in [2.05, 4.69) is 101 Å². The van der Waals surface area contributed by atoms with Crippen LogP contribution in [0.2, 0.25) is 0 Å². The van der Waals surface area contributed by atoms with E-state index < -0.39 is 5.60 Å². The van der Waals surface area contributed by atoms with Gasteiger partial charge in [0.25, 0.3) is 0 Å². The number of rotatable bonds is 3. The summed E-state index contributed by atoms with van der Waals surface area (Å²) < 4.78 is 11.6. The molecule has 1 aliphatic heterocycles. The van der Waals surface area contributed by atoms with Gasteiger partial charge in [-0.05, 0) is 42.0 Å². The molecule has 11 rings (SSSR count). The first-order chi connectivity index (χ1) is 24.6. The third-order valence-electron chi connectivity index (χ3n) is 10.4. The molecule has 1 atom stereocenters. The van der Waals surface area contributed by atoms with E-state index in [4.69, 9.17) is 19.7 Å². The van der Waals surface area contributed by atoms with Crippen molar-refractivity contribution >= 4 is 49.6 Å². The number of hydrogen-bond donors (Lipinski definition) is 0. The zero-order valence-corrected chi connectivity index (χ0v) is 27.2. The van der Waals surface area contributed by atoms with Crippen LogP contribution in [0.15, 0.2) is 140 Å². The number of fused-ring (bicyclic) bond motifs is 10. The predicted octanol–water partition coefficient (Wildman–Crippen LogP) is 10.4. The lowest BCUT2D eigenvalue weighted by Gasteiger charge is -2.39. The average Bonchev–Trinajstić information content (AvgIpc) is 3.69. The molecule has 0 spiro atoms. The summed E-state index contributed by atoms with van der Waals surface area (Å²) in [6.45, 7) is 2.23. The van der Waals surface area contributed by atoms with E-state index >= 15 is 0 Å². The Morgan fingerprint density at radius 1 is 0.620 bits per heavy atom. The van der Waals surface area contributed by atoms with Crippen molar-refractivity contribution in [3.8, 4) is 40.2 Å². The van der Waals surface area contributed by atoms with Crippen molar-refractivity contribution in [2.45, 2.75) is 18.9 Å². The Bertz CT molecular complexity index is 2830. The number of ether oxygens (including phenoxy) is 1. The van der Waals surface area contributed by atoms with Crippen LogP contribution in [0.4, 0.5) is 0 Å². The molecule has 0 radical (unpaired) electrons. The van der Waals surface area contributed by atoms with Gasteiger partial charge in [-0.2, -0.15) is 9.97 Å². The summed E-state index contributed by atoms with van der Waals surface area (Å²) in [6.07, 6.45) is 5.33. The van der Waals surface area contributed by atoms with Gasteiger partial charge in [0.1, 0.15) is 5.75 Å². The summed E-state index contributed by atoms with van der Waals surface area (Å²) in [6, 6.07) is 46.4. The minimum absolute atomic E-state index is 0.507. The number of benzene rings is 6. The molecule has 0 bridgehead atoms. The molecule has 1 aliphatic carbocycles. The Labute approximate surface area is 287 Å². The maximum Gasteiger partial charge on any atom is 0.238 e. The van der Waals surface area contributed by atoms with E-state index in [-0.39, 0.29) is 0 Å². The number of hydrogen-bond acceptors (Lipinski definition) is 4. The van der Waals surface area contributed by atoms with Gasteiger partial charge >= 0.3 is 0 Å². The Hall–Kier alpha value is -6.53. The second kappa shape index (κ2) is 10.00. The van der Waals surface area contributed by atoms with E-state index in [9.17, 15) is 0 Å². The van der Waals surface area contributed by atoms with Crippen molar-refractivity contribution in [1.82, 2.24) is 24.1 Å². The molecule has 4 heterocycles. The van der Waals surface area contributed by atoms with Gasteiger partial charge in [0, 0.05) is 39.3 Å². The molecular weight excluding hydrogens is 615 g/mol. The van der Waals surface area contributed by atoms with Gasteiger partial charge in [-0.1, -0.05) is 121 Å². The first kappa shape index (κ1) is 27.4. The van der Waals surface area contributed by atoms with Gasteiger partial charge in [-0.25, -0.2) is 4.98 Å². The van der Waals surface area contributed by atoms with E-state index in [1.54, 1.807) is 0 Å². The maximum atomic E-state index is 6.95. The van der Waals surface area contributed by atoms with Crippen LogP contribution >= 0.6 is 0 Å². The zero-order chi connectivity index (χ0) is 33.0. The van der Waals surface area contributed by atoms with Gasteiger partial charge < -0.3 is 9.30 Å².